The Labute approximate surface area is 215 Å². The van der Waals surface area contributed by atoms with E-state index < -0.39 is 5.97 Å². The lowest BCUT2D eigenvalue weighted by molar-refractivity contribution is 0.0735. The third-order valence-electron chi connectivity index (χ3n) is 5.08. The van der Waals surface area contributed by atoms with Crippen LogP contribution in [0.25, 0.3) is 22.6 Å². The fourth-order valence-electron chi connectivity index (χ4n) is 3.33. The average Bonchev–Trinajstić information content (AvgIpc) is 3.27. The molecule has 0 aliphatic heterocycles. The van der Waals surface area contributed by atoms with E-state index in [0.717, 1.165) is 5.56 Å². The first-order valence-electron chi connectivity index (χ1n) is 10.4. The number of hydrogen-bond donors (Lipinski definition) is 0. The molecule has 0 aliphatic carbocycles. The number of esters is 1. The largest absolute Gasteiger partial charge is 0.436 e. The van der Waals surface area contributed by atoms with Gasteiger partial charge in [-0.25, -0.2) is 9.78 Å². The van der Waals surface area contributed by atoms with E-state index >= 15 is 0 Å². The molecule has 0 atom stereocenters. The molecule has 0 saturated carbocycles. The average molecular weight is 522 g/mol. The van der Waals surface area contributed by atoms with Crippen LogP contribution >= 0.6 is 34.8 Å². The minimum absolute atomic E-state index is 0.310. The molecule has 1 aromatic heterocycles. The third-order valence-corrected chi connectivity index (χ3v) is 5.96. The van der Waals surface area contributed by atoms with Crippen LogP contribution in [-0.2, 0) is 0 Å². The SMILES string of the molecule is O=C(Oc1ccc(C=Nc2ccc3oc(-c4ccc(Cl)cc4Cl)nc3c2)cc1)c1ccccc1Cl. The number of halogens is 3. The number of rotatable bonds is 5. The molecule has 0 aliphatic rings. The van der Waals surface area contributed by atoms with E-state index in [2.05, 4.69) is 9.98 Å². The molecule has 0 fully saturated rings. The van der Waals surface area contributed by atoms with Crippen molar-refractivity contribution in [3.8, 4) is 17.2 Å². The van der Waals surface area contributed by atoms with Crippen LogP contribution in [0.4, 0.5) is 5.69 Å². The summed E-state index contributed by atoms with van der Waals surface area (Å²) in [6, 6.07) is 24.3. The highest BCUT2D eigenvalue weighted by Crippen LogP contribution is 2.33. The maximum atomic E-state index is 12.3. The Kier molecular flexibility index (Phi) is 6.55. The van der Waals surface area contributed by atoms with Crippen molar-refractivity contribution in [2.75, 3.05) is 0 Å². The highest BCUT2D eigenvalue weighted by atomic mass is 35.5. The van der Waals surface area contributed by atoms with Gasteiger partial charge in [-0.3, -0.25) is 4.99 Å². The zero-order valence-electron chi connectivity index (χ0n) is 17.9. The van der Waals surface area contributed by atoms with Gasteiger partial charge in [0.1, 0.15) is 11.3 Å². The van der Waals surface area contributed by atoms with Gasteiger partial charge in [0.15, 0.2) is 5.58 Å². The fourth-order valence-corrected chi connectivity index (χ4v) is 4.04. The van der Waals surface area contributed by atoms with Gasteiger partial charge in [0, 0.05) is 11.2 Å². The Hall–Kier alpha value is -3.64. The van der Waals surface area contributed by atoms with Crippen LogP contribution in [0.3, 0.4) is 0 Å². The predicted octanol–water partition coefficient (Wildman–Crippen LogP) is 8.42. The van der Waals surface area contributed by atoms with Gasteiger partial charge in [-0.1, -0.05) is 46.9 Å². The second-order valence-electron chi connectivity index (χ2n) is 7.49. The van der Waals surface area contributed by atoms with E-state index in [0.29, 0.717) is 54.6 Å². The quantitative estimate of drug-likeness (QED) is 0.132. The molecule has 0 N–H and O–H groups in total. The number of aliphatic imine (C=N–C) groups is 1. The molecule has 0 radical (unpaired) electrons. The minimum Gasteiger partial charge on any atom is -0.436 e. The van der Waals surface area contributed by atoms with Crippen LogP contribution < -0.4 is 4.74 Å². The van der Waals surface area contributed by atoms with Gasteiger partial charge in [0.25, 0.3) is 0 Å². The van der Waals surface area contributed by atoms with E-state index in [1.165, 1.54) is 0 Å². The highest BCUT2D eigenvalue weighted by Gasteiger charge is 2.13. The summed E-state index contributed by atoms with van der Waals surface area (Å²) in [5.41, 5.74) is 3.78. The van der Waals surface area contributed by atoms with Crippen LogP contribution in [0, 0.1) is 0 Å². The van der Waals surface area contributed by atoms with E-state index in [9.17, 15) is 4.79 Å². The summed E-state index contributed by atoms with van der Waals surface area (Å²) >= 11 is 18.3. The Morgan fingerprint density at radius 2 is 1.69 bits per heavy atom. The van der Waals surface area contributed by atoms with Crippen molar-refractivity contribution in [3.63, 3.8) is 0 Å². The van der Waals surface area contributed by atoms with Crippen LogP contribution in [0.15, 0.2) is 94.3 Å². The van der Waals surface area contributed by atoms with Crippen LogP contribution in [-0.4, -0.2) is 17.2 Å². The molecular weight excluding hydrogens is 507 g/mol. The summed E-state index contributed by atoms with van der Waals surface area (Å²) in [5.74, 6) is 0.298. The lowest BCUT2D eigenvalue weighted by Crippen LogP contribution is -2.08. The number of carbonyl (C=O) groups excluding carboxylic acids is 1. The topological polar surface area (TPSA) is 64.7 Å². The van der Waals surface area contributed by atoms with Crippen molar-refractivity contribution < 1.29 is 13.9 Å². The zero-order valence-corrected chi connectivity index (χ0v) is 20.2. The second kappa shape index (κ2) is 9.92. The van der Waals surface area contributed by atoms with Crippen molar-refractivity contribution >= 4 is 63.8 Å². The Morgan fingerprint density at radius 3 is 2.46 bits per heavy atom. The van der Waals surface area contributed by atoms with E-state index in [-0.39, 0.29) is 0 Å². The lowest BCUT2D eigenvalue weighted by atomic mass is 10.2. The monoisotopic (exact) mass is 520 g/mol. The van der Waals surface area contributed by atoms with E-state index in [4.69, 9.17) is 44.0 Å². The molecule has 4 aromatic carbocycles. The van der Waals surface area contributed by atoms with E-state index in [1.807, 2.05) is 12.1 Å². The van der Waals surface area contributed by atoms with Gasteiger partial charge >= 0.3 is 5.97 Å². The van der Waals surface area contributed by atoms with Gasteiger partial charge in [0.2, 0.25) is 5.89 Å². The Morgan fingerprint density at radius 1 is 0.886 bits per heavy atom. The molecular formula is C27H15Cl3N2O3. The van der Waals surface area contributed by atoms with Crippen LogP contribution in [0.2, 0.25) is 15.1 Å². The molecule has 0 saturated heterocycles. The molecule has 5 nitrogen and oxygen atoms in total. The minimum atomic E-state index is -0.516. The Bertz CT molecular complexity index is 1580. The van der Waals surface area contributed by atoms with Gasteiger partial charge in [-0.15, -0.1) is 0 Å². The number of oxazole rings is 1. The standard InChI is InChI=1S/C27H15Cl3N2O3/c28-17-7-11-20(23(30)13-17)26-32-24-14-18(8-12-25(24)35-26)31-15-16-5-9-19(10-6-16)34-27(33)21-3-1-2-4-22(21)29/h1-15H. The second-order valence-corrected chi connectivity index (χ2v) is 8.74. The summed E-state index contributed by atoms with van der Waals surface area (Å²) in [4.78, 5) is 21.3. The van der Waals surface area contributed by atoms with Gasteiger partial charge in [-0.05, 0) is 78.4 Å². The number of benzene rings is 4. The zero-order chi connectivity index (χ0) is 24.4. The molecule has 35 heavy (non-hydrogen) atoms. The smallest absolute Gasteiger partial charge is 0.345 e. The van der Waals surface area contributed by atoms with Crippen molar-refractivity contribution in [2.24, 2.45) is 4.99 Å². The van der Waals surface area contributed by atoms with Crippen LogP contribution in [0.1, 0.15) is 15.9 Å². The summed E-state index contributed by atoms with van der Waals surface area (Å²) in [6.45, 7) is 0. The van der Waals surface area contributed by atoms with Crippen molar-refractivity contribution in [1.82, 2.24) is 4.98 Å². The number of fused-ring (bicyclic) bond motifs is 1. The molecule has 0 spiro atoms. The lowest BCUT2D eigenvalue weighted by Gasteiger charge is -2.05. The first kappa shape index (κ1) is 23.1. The third kappa shape index (κ3) is 5.23. The van der Waals surface area contributed by atoms with Crippen molar-refractivity contribution in [2.45, 2.75) is 0 Å². The molecule has 0 unspecified atom stereocenters. The molecule has 5 rings (SSSR count). The number of hydrogen-bond acceptors (Lipinski definition) is 5. The molecule has 5 aromatic rings. The maximum absolute atomic E-state index is 12.3. The maximum Gasteiger partial charge on any atom is 0.345 e. The summed E-state index contributed by atoms with van der Waals surface area (Å²) < 4.78 is 11.2. The van der Waals surface area contributed by atoms with Gasteiger partial charge in [-0.2, -0.15) is 0 Å². The molecule has 172 valence electrons. The van der Waals surface area contributed by atoms with Gasteiger partial charge in [0.05, 0.1) is 26.9 Å². The van der Waals surface area contributed by atoms with E-state index in [1.54, 1.807) is 79.0 Å². The summed E-state index contributed by atoms with van der Waals surface area (Å²) in [5, 5.41) is 1.34. The summed E-state index contributed by atoms with van der Waals surface area (Å²) in [7, 11) is 0. The highest BCUT2D eigenvalue weighted by molar-refractivity contribution is 6.36. The fraction of sp³-hybridized carbons (Fsp3) is 0. The molecule has 0 bridgehead atoms. The first-order valence-corrected chi connectivity index (χ1v) is 11.6. The predicted molar refractivity (Wildman–Crippen MR) is 140 cm³/mol. The normalized spacial score (nSPS) is 11.3. The molecule has 0 amide bonds. The van der Waals surface area contributed by atoms with Crippen molar-refractivity contribution in [1.29, 1.82) is 0 Å². The number of ether oxygens (including phenoxy) is 1. The number of carbonyl (C=O) groups is 1. The van der Waals surface area contributed by atoms with Crippen LogP contribution in [0.5, 0.6) is 5.75 Å². The Balaban J connectivity index is 1.30. The van der Waals surface area contributed by atoms with Gasteiger partial charge < -0.3 is 9.15 Å². The van der Waals surface area contributed by atoms with Crippen molar-refractivity contribution in [3.05, 3.63) is 111 Å². The summed E-state index contributed by atoms with van der Waals surface area (Å²) in [6.07, 6.45) is 1.71. The molecule has 1 heterocycles. The number of nitrogens with zero attached hydrogens (tertiary/aromatic N) is 2. The number of aromatic nitrogens is 1. The first-order chi connectivity index (χ1) is 17.0. The molecule has 8 heteroatoms.